The van der Waals surface area contributed by atoms with Gasteiger partial charge < -0.3 is 10.1 Å². The molecule has 0 atom stereocenters. The predicted molar refractivity (Wildman–Crippen MR) is 80.9 cm³/mol. The van der Waals surface area contributed by atoms with Gasteiger partial charge in [-0.25, -0.2) is 0 Å². The van der Waals surface area contributed by atoms with Crippen molar-refractivity contribution in [2.45, 2.75) is 19.4 Å². The molecular formula is C18H17NO. The van der Waals surface area contributed by atoms with Crippen molar-refractivity contribution in [3.05, 3.63) is 59.7 Å². The smallest absolute Gasteiger partial charge is 0.132 e. The summed E-state index contributed by atoms with van der Waals surface area (Å²) >= 11 is 0. The minimum absolute atomic E-state index is 0.176. The first-order chi connectivity index (χ1) is 9.90. The zero-order chi connectivity index (χ0) is 13.8. The number of fused-ring (bicyclic) bond motifs is 2. The molecule has 2 aromatic carbocycles. The van der Waals surface area contributed by atoms with Crippen LogP contribution in [0.1, 0.15) is 30.5 Å². The maximum Gasteiger partial charge on any atom is 0.132 e. The van der Waals surface area contributed by atoms with Gasteiger partial charge in [0.25, 0.3) is 0 Å². The van der Waals surface area contributed by atoms with E-state index in [4.69, 9.17) is 4.74 Å². The second-order valence-electron chi connectivity index (χ2n) is 4.74. The molecule has 1 aliphatic rings. The van der Waals surface area contributed by atoms with E-state index in [0.717, 1.165) is 24.5 Å². The van der Waals surface area contributed by atoms with E-state index >= 15 is 0 Å². The molecule has 20 heavy (non-hydrogen) atoms. The summed E-state index contributed by atoms with van der Waals surface area (Å²) in [7, 11) is 0. The van der Waals surface area contributed by atoms with Crippen molar-refractivity contribution in [3.8, 4) is 23.3 Å². The zero-order valence-corrected chi connectivity index (χ0v) is 11.5. The first-order valence-corrected chi connectivity index (χ1v) is 6.89. The highest BCUT2D eigenvalue weighted by Gasteiger charge is 2.25. The minimum atomic E-state index is 0.176. The molecule has 3 rings (SSSR count). The van der Waals surface area contributed by atoms with Gasteiger partial charge in [-0.15, -0.1) is 11.8 Å². The highest BCUT2D eigenvalue weighted by atomic mass is 16.5. The lowest BCUT2D eigenvalue weighted by Gasteiger charge is -2.28. The fourth-order valence-electron chi connectivity index (χ4n) is 2.53. The van der Waals surface area contributed by atoms with Crippen LogP contribution in [0.15, 0.2) is 48.5 Å². The second-order valence-corrected chi connectivity index (χ2v) is 4.74. The molecule has 2 heteroatoms. The number of benzene rings is 2. The SMILES string of the molecule is CC#CCCNC1c2ccccc2Oc2ccccc21. The number of rotatable bonds is 3. The summed E-state index contributed by atoms with van der Waals surface area (Å²) in [5.74, 6) is 7.89. The van der Waals surface area contributed by atoms with Gasteiger partial charge in [0.15, 0.2) is 0 Å². The summed E-state index contributed by atoms with van der Waals surface area (Å²) < 4.78 is 5.97. The van der Waals surface area contributed by atoms with Crippen molar-refractivity contribution in [2.24, 2.45) is 0 Å². The Kier molecular flexibility index (Phi) is 3.71. The van der Waals surface area contributed by atoms with Crippen molar-refractivity contribution in [3.63, 3.8) is 0 Å². The lowest BCUT2D eigenvalue weighted by Crippen LogP contribution is -2.26. The van der Waals surface area contributed by atoms with Crippen molar-refractivity contribution in [1.29, 1.82) is 0 Å². The Labute approximate surface area is 119 Å². The molecule has 1 N–H and O–H groups in total. The molecule has 0 bridgehead atoms. The van der Waals surface area contributed by atoms with E-state index in [1.54, 1.807) is 0 Å². The third-order valence-electron chi connectivity index (χ3n) is 3.46. The molecular weight excluding hydrogens is 246 g/mol. The van der Waals surface area contributed by atoms with Crippen LogP contribution in [0.25, 0.3) is 0 Å². The average molecular weight is 263 g/mol. The fraction of sp³-hybridized carbons (Fsp3) is 0.222. The largest absolute Gasteiger partial charge is 0.457 e. The normalized spacial score (nSPS) is 12.7. The molecule has 2 nitrogen and oxygen atoms in total. The van der Waals surface area contributed by atoms with Crippen molar-refractivity contribution in [2.75, 3.05) is 6.54 Å². The Morgan fingerprint density at radius 3 is 2.20 bits per heavy atom. The van der Waals surface area contributed by atoms with E-state index in [1.807, 2.05) is 31.2 Å². The Bertz CT molecular complexity index is 621. The van der Waals surface area contributed by atoms with Crippen LogP contribution in [-0.4, -0.2) is 6.54 Å². The van der Waals surface area contributed by atoms with E-state index in [9.17, 15) is 0 Å². The quantitative estimate of drug-likeness (QED) is 0.670. The summed E-state index contributed by atoms with van der Waals surface area (Å²) in [4.78, 5) is 0. The molecule has 0 saturated heterocycles. The Morgan fingerprint density at radius 1 is 1.00 bits per heavy atom. The van der Waals surface area contributed by atoms with Gasteiger partial charge in [0.1, 0.15) is 11.5 Å². The molecule has 0 saturated carbocycles. The number of hydrogen-bond acceptors (Lipinski definition) is 2. The third kappa shape index (κ3) is 2.41. The highest BCUT2D eigenvalue weighted by Crippen LogP contribution is 2.42. The molecule has 100 valence electrons. The number of ether oxygens (including phenoxy) is 1. The van der Waals surface area contributed by atoms with Crippen LogP contribution in [0.2, 0.25) is 0 Å². The molecule has 1 heterocycles. The standard InChI is InChI=1S/C18H17NO/c1-2-3-8-13-19-18-14-9-4-6-11-16(14)20-17-12-7-5-10-15(17)18/h4-7,9-12,18-19H,8,13H2,1H3. The minimum Gasteiger partial charge on any atom is -0.457 e. The third-order valence-corrected chi connectivity index (χ3v) is 3.46. The molecule has 0 aliphatic carbocycles. The van der Waals surface area contributed by atoms with Gasteiger partial charge in [-0.2, -0.15) is 0 Å². The number of para-hydroxylation sites is 2. The molecule has 1 aliphatic heterocycles. The van der Waals surface area contributed by atoms with Gasteiger partial charge >= 0.3 is 0 Å². The van der Waals surface area contributed by atoms with Gasteiger partial charge in [-0.1, -0.05) is 36.4 Å². The van der Waals surface area contributed by atoms with Crippen LogP contribution in [0.5, 0.6) is 11.5 Å². The van der Waals surface area contributed by atoms with Gasteiger partial charge in [-0.3, -0.25) is 0 Å². The Balaban J connectivity index is 1.92. The Morgan fingerprint density at radius 2 is 1.60 bits per heavy atom. The number of hydrogen-bond donors (Lipinski definition) is 1. The number of nitrogens with one attached hydrogen (secondary N) is 1. The van der Waals surface area contributed by atoms with Crippen LogP contribution in [0, 0.1) is 11.8 Å². The van der Waals surface area contributed by atoms with Crippen LogP contribution >= 0.6 is 0 Å². The van der Waals surface area contributed by atoms with E-state index < -0.39 is 0 Å². The monoisotopic (exact) mass is 263 g/mol. The average Bonchev–Trinajstić information content (AvgIpc) is 2.50. The maximum absolute atomic E-state index is 5.97. The molecule has 0 fully saturated rings. The van der Waals surface area contributed by atoms with Crippen LogP contribution in [-0.2, 0) is 0 Å². The molecule has 2 aromatic rings. The summed E-state index contributed by atoms with van der Waals surface area (Å²) in [6.45, 7) is 2.74. The van der Waals surface area contributed by atoms with Crippen LogP contribution < -0.4 is 10.1 Å². The van der Waals surface area contributed by atoms with E-state index in [0.29, 0.717) is 0 Å². The van der Waals surface area contributed by atoms with Crippen LogP contribution in [0.4, 0.5) is 0 Å². The lowest BCUT2D eigenvalue weighted by molar-refractivity contribution is 0.429. The zero-order valence-electron chi connectivity index (χ0n) is 11.5. The van der Waals surface area contributed by atoms with E-state index in [-0.39, 0.29) is 6.04 Å². The summed E-state index contributed by atoms with van der Waals surface area (Å²) in [6, 6.07) is 16.6. The van der Waals surface area contributed by atoms with E-state index in [2.05, 4.69) is 41.4 Å². The van der Waals surface area contributed by atoms with Gasteiger partial charge in [0.2, 0.25) is 0 Å². The maximum atomic E-state index is 5.97. The molecule has 0 radical (unpaired) electrons. The van der Waals surface area contributed by atoms with Gasteiger partial charge in [0.05, 0.1) is 6.04 Å². The summed E-state index contributed by atoms with van der Waals surface area (Å²) in [6.07, 6.45) is 0.859. The predicted octanol–water partition coefficient (Wildman–Crippen LogP) is 3.88. The second kappa shape index (κ2) is 5.81. The topological polar surface area (TPSA) is 21.3 Å². The van der Waals surface area contributed by atoms with Crippen molar-refractivity contribution in [1.82, 2.24) is 5.32 Å². The van der Waals surface area contributed by atoms with Crippen molar-refractivity contribution >= 4 is 0 Å². The molecule has 0 amide bonds. The van der Waals surface area contributed by atoms with Gasteiger partial charge in [0, 0.05) is 24.1 Å². The molecule has 0 spiro atoms. The molecule has 0 aromatic heterocycles. The fourth-order valence-corrected chi connectivity index (χ4v) is 2.53. The van der Waals surface area contributed by atoms with Crippen LogP contribution in [0.3, 0.4) is 0 Å². The summed E-state index contributed by atoms with van der Waals surface area (Å²) in [5, 5.41) is 3.59. The summed E-state index contributed by atoms with van der Waals surface area (Å²) in [5.41, 5.74) is 2.38. The highest BCUT2D eigenvalue weighted by molar-refractivity contribution is 5.52. The first kappa shape index (κ1) is 12.8. The van der Waals surface area contributed by atoms with Gasteiger partial charge in [-0.05, 0) is 19.1 Å². The molecule has 0 unspecified atom stereocenters. The van der Waals surface area contributed by atoms with Crippen molar-refractivity contribution < 1.29 is 4.74 Å². The van der Waals surface area contributed by atoms with E-state index in [1.165, 1.54) is 11.1 Å². The lowest BCUT2D eigenvalue weighted by atomic mass is 9.94. The first-order valence-electron chi connectivity index (χ1n) is 6.89. The Hall–Kier alpha value is -2.24.